The molecule has 0 unspecified atom stereocenters. The van der Waals surface area contributed by atoms with Gasteiger partial charge in [0.05, 0.1) is 18.3 Å². The van der Waals surface area contributed by atoms with Crippen molar-refractivity contribution in [3.63, 3.8) is 0 Å². The summed E-state index contributed by atoms with van der Waals surface area (Å²) >= 11 is 0. The monoisotopic (exact) mass is 396 g/mol. The topological polar surface area (TPSA) is 59.5 Å². The third-order valence-electron chi connectivity index (χ3n) is 5.23. The number of nitrogens with one attached hydrogen (secondary N) is 1. The highest BCUT2D eigenvalue weighted by Crippen LogP contribution is 2.35. The molecule has 3 aromatic rings. The van der Waals surface area contributed by atoms with E-state index < -0.39 is 0 Å². The van der Waals surface area contributed by atoms with Gasteiger partial charge in [-0.05, 0) is 50.6 Å². The Bertz CT molecular complexity index is 1010. The summed E-state index contributed by atoms with van der Waals surface area (Å²) < 4.78 is 26.0. The van der Waals surface area contributed by atoms with E-state index in [9.17, 15) is 4.39 Å². The number of hydrogen-bond donors (Lipinski definition) is 1. The summed E-state index contributed by atoms with van der Waals surface area (Å²) in [4.78, 5) is 11.0. The second-order valence-electron chi connectivity index (χ2n) is 7.20. The Morgan fingerprint density at radius 3 is 2.76 bits per heavy atom. The minimum Gasteiger partial charge on any atom is -0.493 e. The van der Waals surface area contributed by atoms with Crippen LogP contribution in [0.15, 0.2) is 36.7 Å². The van der Waals surface area contributed by atoms with E-state index in [1.165, 1.54) is 19.2 Å². The molecule has 152 valence electrons. The standard InChI is InChI=1S/C22H25FN4O2/c1-15-6-5-7-17(21(15)23)26-22-16-12-20(29-11-10-27-8-3-4-9-27)19(28-2)13-18(16)24-14-25-22/h5-7,12-14H,3-4,8-11H2,1-2H3,(H,24,25,26). The lowest BCUT2D eigenvalue weighted by Crippen LogP contribution is -2.25. The second-order valence-corrected chi connectivity index (χ2v) is 7.20. The lowest BCUT2D eigenvalue weighted by atomic mass is 10.2. The van der Waals surface area contributed by atoms with Crippen molar-refractivity contribution in [1.82, 2.24) is 14.9 Å². The van der Waals surface area contributed by atoms with Crippen molar-refractivity contribution in [2.75, 3.05) is 38.7 Å². The maximum atomic E-state index is 14.4. The summed E-state index contributed by atoms with van der Waals surface area (Å²) in [5.41, 5.74) is 1.64. The number of likely N-dealkylation sites (tertiary alicyclic amines) is 1. The van der Waals surface area contributed by atoms with Crippen LogP contribution in [0, 0.1) is 12.7 Å². The van der Waals surface area contributed by atoms with Gasteiger partial charge in [-0.2, -0.15) is 0 Å². The number of anilines is 2. The first-order valence-corrected chi connectivity index (χ1v) is 9.86. The van der Waals surface area contributed by atoms with Crippen molar-refractivity contribution in [2.24, 2.45) is 0 Å². The molecular formula is C22H25FN4O2. The fourth-order valence-corrected chi connectivity index (χ4v) is 3.60. The smallest absolute Gasteiger partial charge is 0.162 e. The number of nitrogens with zero attached hydrogens (tertiary/aromatic N) is 3. The molecule has 1 saturated heterocycles. The molecule has 1 aliphatic heterocycles. The summed E-state index contributed by atoms with van der Waals surface area (Å²) in [5, 5.41) is 3.83. The van der Waals surface area contributed by atoms with Crippen LogP contribution in [0.5, 0.6) is 11.5 Å². The Morgan fingerprint density at radius 2 is 1.97 bits per heavy atom. The molecule has 0 atom stereocenters. The van der Waals surface area contributed by atoms with E-state index in [0.717, 1.165) is 25.0 Å². The van der Waals surface area contributed by atoms with E-state index in [4.69, 9.17) is 9.47 Å². The predicted octanol–water partition coefficient (Wildman–Crippen LogP) is 4.30. The van der Waals surface area contributed by atoms with Crippen molar-refractivity contribution < 1.29 is 13.9 Å². The summed E-state index contributed by atoms with van der Waals surface area (Å²) in [5.74, 6) is 1.47. The number of rotatable bonds is 7. The number of methoxy groups -OCH3 is 1. The van der Waals surface area contributed by atoms with Gasteiger partial charge in [0.1, 0.15) is 24.6 Å². The van der Waals surface area contributed by atoms with Crippen LogP contribution in [-0.2, 0) is 0 Å². The zero-order valence-electron chi connectivity index (χ0n) is 16.7. The quantitative estimate of drug-likeness (QED) is 0.642. The fourth-order valence-electron chi connectivity index (χ4n) is 3.60. The highest BCUT2D eigenvalue weighted by molar-refractivity contribution is 5.93. The van der Waals surface area contributed by atoms with Crippen LogP contribution < -0.4 is 14.8 Å². The van der Waals surface area contributed by atoms with Gasteiger partial charge in [0.15, 0.2) is 11.5 Å². The number of ether oxygens (including phenoxy) is 2. The molecule has 7 heteroatoms. The Labute approximate surface area is 169 Å². The molecule has 6 nitrogen and oxygen atoms in total. The zero-order valence-corrected chi connectivity index (χ0v) is 16.7. The zero-order chi connectivity index (χ0) is 20.2. The van der Waals surface area contributed by atoms with Crippen LogP contribution in [0.25, 0.3) is 10.9 Å². The third kappa shape index (κ3) is 4.24. The molecule has 29 heavy (non-hydrogen) atoms. The Kier molecular flexibility index (Phi) is 5.76. The average molecular weight is 396 g/mol. The van der Waals surface area contributed by atoms with Crippen LogP contribution in [0.1, 0.15) is 18.4 Å². The van der Waals surface area contributed by atoms with Crippen LogP contribution in [0.2, 0.25) is 0 Å². The molecule has 1 aromatic heterocycles. The predicted molar refractivity (Wildman–Crippen MR) is 112 cm³/mol. The molecule has 1 fully saturated rings. The van der Waals surface area contributed by atoms with E-state index in [2.05, 4.69) is 20.2 Å². The Morgan fingerprint density at radius 1 is 1.14 bits per heavy atom. The molecule has 0 radical (unpaired) electrons. The van der Waals surface area contributed by atoms with Gasteiger partial charge < -0.3 is 14.8 Å². The minimum atomic E-state index is -0.296. The molecule has 0 spiro atoms. The maximum absolute atomic E-state index is 14.4. The molecule has 0 amide bonds. The third-order valence-corrected chi connectivity index (χ3v) is 5.23. The second kappa shape index (κ2) is 8.61. The van der Waals surface area contributed by atoms with Gasteiger partial charge in [-0.25, -0.2) is 14.4 Å². The fraction of sp³-hybridized carbons (Fsp3) is 0.364. The number of aryl methyl sites for hydroxylation is 1. The molecule has 2 aromatic carbocycles. The molecule has 2 heterocycles. The van der Waals surface area contributed by atoms with Gasteiger partial charge in [-0.3, -0.25) is 4.90 Å². The molecule has 1 aliphatic rings. The van der Waals surface area contributed by atoms with Gasteiger partial charge in [-0.15, -0.1) is 0 Å². The van der Waals surface area contributed by atoms with Crippen LogP contribution in [-0.4, -0.2) is 48.2 Å². The van der Waals surface area contributed by atoms with E-state index in [0.29, 0.717) is 40.7 Å². The van der Waals surface area contributed by atoms with Crippen molar-refractivity contribution in [1.29, 1.82) is 0 Å². The van der Waals surface area contributed by atoms with Crippen LogP contribution in [0.3, 0.4) is 0 Å². The van der Waals surface area contributed by atoms with Crippen LogP contribution >= 0.6 is 0 Å². The minimum absolute atomic E-state index is 0.296. The normalized spacial score (nSPS) is 14.3. The average Bonchev–Trinajstić information content (AvgIpc) is 3.25. The number of benzene rings is 2. The number of halogens is 1. The largest absolute Gasteiger partial charge is 0.493 e. The van der Waals surface area contributed by atoms with Gasteiger partial charge in [0, 0.05) is 18.0 Å². The SMILES string of the molecule is COc1cc2ncnc(Nc3cccc(C)c3F)c2cc1OCCN1CCCC1. The van der Waals surface area contributed by atoms with Gasteiger partial charge in [-0.1, -0.05) is 12.1 Å². The van der Waals surface area contributed by atoms with Gasteiger partial charge >= 0.3 is 0 Å². The molecule has 4 rings (SSSR count). The summed E-state index contributed by atoms with van der Waals surface area (Å²) in [6.45, 7) is 5.44. The molecule has 0 aliphatic carbocycles. The highest BCUT2D eigenvalue weighted by Gasteiger charge is 2.15. The first-order valence-electron chi connectivity index (χ1n) is 9.86. The highest BCUT2D eigenvalue weighted by atomic mass is 19.1. The summed E-state index contributed by atoms with van der Waals surface area (Å²) in [7, 11) is 1.61. The Hall–Kier alpha value is -2.93. The van der Waals surface area contributed by atoms with Crippen molar-refractivity contribution in [3.05, 3.63) is 48.0 Å². The van der Waals surface area contributed by atoms with E-state index >= 15 is 0 Å². The van der Waals surface area contributed by atoms with Crippen LogP contribution in [0.4, 0.5) is 15.9 Å². The summed E-state index contributed by atoms with van der Waals surface area (Å²) in [6, 6.07) is 8.90. The number of fused-ring (bicyclic) bond motifs is 1. The lowest BCUT2D eigenvalue weighted by molar-refractivity contribution is 0.230. The molecule has 0 bridgehead atoms. The molecule has 0 saturated carbocycles. The van der Waals surface area contributed by atoms with Gasteiger partial charge in [0.25, 0.3) is 0 Å². The van der Waals surface area contributed by atoms with Crippen molar-refractivity contribution in [2.45, 2.75) is 19.8 Å². The van der Waals surface area contributed by atoms with Gasteiger partial charge in [0.2, 0.25) is 0 Å². The van der Waals surface area contributed by atoms with E-state index in [1.54, 1.807) is 32.2 Å². The number of aromatic nitrogens is 2. The maximum Gasteiger partial charge on any atom is 0.162 e. The first-order chi connectivity index (χ1) is 14.2. The lowest BCUT2D eigenvalue weighted by Gasteiger charge is -2.17. The van der Waals surface area contributed by atoms with E-state index in [1.807, 2.05) is 12.1 Å². The first kappa shape index (κ1) is 19.4. The molecule has 1 N–H and O–H groups in total. The Balaban J connectivity index is 1.62. The molecular weight excluding hydrogens is 371 g/mol. The van der Waals surface area contributed by atoms with Crippen molar-refractivity contribution in [3.8, 4) is 11.5 Å². The van der Waals surface area contributed by atoms with Crippen molar-refractivity contribution >= 4 is 22.4 Å². The number of hydrogen-bond acceptors (Lipinski definition) is 6. The summed E-state index contributed by atoms with van der Waals surface area (Å²) in [6.07, 6.45) is 3.95. The van der Waals surface area contributed by atoms with E-state index in [-0.39, 0.29) is 5.82 Å².